The first-order valence-corrected chi connectivity index (χ1v) is 6.15. The van der Waals surface area contributed by atoms with Gasteiger partial charge in [-0.1, -0.05) is 12.1 Å². The molecule has 0 bridgehead atoms. The van der Waals surface area contributed by atoms with Gasteiger partial charge in [-0.05, 0) is 45.1 Å². The monoisotopic (exact) mass is 249 g/mol. The van der Waals surface area contributed by atoms with Gasteiger partial charge in [-0.25, -0.2) is 4.79 Å². The Kier molecular flexibility index (Phi) is 5.16. The molecule has 4 nitrogen and oxygen atoms in total. The lowest BCUT2D eigenvalue weighted by Crippen LogP contribution is -2.36. The molecular weight excluding hydrogens is 226 g/mol. The second-order valence-corrected chi connectivity index (χ2v) is 4.90. The fourth-order valence-corrected chi connectivity index (χ4v) is 1.55. The Morgan fingerprint density at radius 1 is 1.17 bits per heavy atom. The molecule has 0 saturated carbocycles. The van der Waals surface area contributed by atoms with Crippen molar-refractivity contribution in [3.8, 4) is 0 Å². The highest BCUT2D eigenvalue weighted by Gasteiger charge is 2.10. The van der Waals surface area contributed by atoms with Crippen molar-refractivity contribution >= 4 is 11.7 Å². The molecule has 1 aromatic rings. The van der Waals surface area contributed by atoms with E-state index in [4.69, 9.17) is 0 Å². The zero-order valence-electron chi connectivity index (χ0n) is 11.9. The molecule has 1 rings (SSSR count). The molecular formula is C14H23N3O. The number of rotatable bonds is 4. The molecule has 1 N–H and O–H groups in total. The maximum Gasteiger partial charge on any atom is 0.321 e. The molecule has 0 fully saturated rings. The van der Waals surface area contributed by atoms with Crippen LogP contribution in [-0.4, -0.2) is 50.1 Å². The molecule has 0 unspecified atom stereocenters. The number of hydrogen-bond donors (Lipinski definition) is 1. The first kappa shape index (κ1) is 14.5. The number of carbonyl (C=O) groups excluding carboxylic acids is 1. The summed E-state index contributed by atoms with van der Waals surface area (Å²) in [6.07, 6.45) is 0. The Balaban J connectivity index is 2.61. The van der Waals surface area contributed by atoms with Crippen LogP contribution in [0.1, 0.15) is 11.1 Å². The van der Waals surface area contributed by atoms with Gasteiger partial charge in [0.2, 0.25) is 0 Å². The second kappa shape index (κ2) is 6.40. The highest BCUT2D eigenvalue weighted by molar-refractivity contribution is 5.90. The molecule has 1 aromatic carbocycles. The highest BCUT2D eigenvalue weighted by atomic mass is 16.2. The lowest BCUT2D eigenvalue weighted by molar-refractivity contribution is 0.217. The number of anilines is 1. The van der Waals surface area contributed by atoms with Gasteiger partial charge in [-0.3, -0.25) is 0 Å². The highest BCUT2D eigenvalue weighted by Crippen LogP contribution is 2.18. The van der Waals surface area contributed by atoms with Crippen LogP contribution in [-0.2, 0) is 0 Å². The number of likely N-dealkylation sites (N-methyl/N-ethyl adjacent to an activating group) is 2. The van der Waals surface area contributed by atoms with Crippen LogP contribution >= 0.6 is 0 Å². The molecule has 0 aliphatic rings. The number of amides is 2. The Morgan fingerprint density at radius 2 is 1.83 bits per heavy atom. The van der Waals surface area contributed by atoms with Gasteiger partial charge < -0.3 is 15.1 Å². The van der Waals surface area contributed by atoms with E-state index in [0.29, 0.717) is 6.54 Å². The minimum atomic E-state index is -0.0643. The summed E-state index contributed by atoms with van der Waals surface area (Å²) in [5.74, 6) is 0. The Bertz CT molecular complexity index is 416. The Hall–Kier alpha value is -1.55. The molecule has 4 heteroatoms. The number of benzene rings is 1. The number of carbonyl (C=O) groups is 1. The summed E-state index contributed by atoms with van der Waals surface area (Å²) < 4.78 is 0. The SMILES string of the molecule is Cc1cccc(NC(=O)N(C)CCN(C)C)c1C. The molecule has 0 atom stereocenters. The third-order valence-electron chi connectivity index (χ3n) is 3.08. The Labute approximate surface area is 110 Å². The molecule has 0 spiro atoms. The van der Waals surface area contributed by atoms with Gasteiger partial charge in [0, 0.05) is 25.8 Å². The van der Waals surface area contributed by atoms with Crippen molar-refractivity contribution in [1.82, 2.24) is 9.80 Å². The minimum Gasteiger partial charge on any atom is -0.326 e. The summed E-state index contributed by atoms with van der Waals surface area (Å²) in [6, 6.07) is 5.86. The number of aryl methyl sites for hydroxylation is 1. The first-order chi connectivity index (χ1) is 8.41. The van der Waals surface area contributed by atoms with E-state index in [9.17, 15) is 4.79 Å². The molecule has 0 aliphatic carbocycles. The maximum atomic E-state index is 12.0. The molecule has 18 heavy (non-hydrogen) atoms. The van der Waals surface area contributed by atoms with Crippen LogP contribution in [0.4, 0.5) is 10.5 Å². The van der Waals surface area contributed by atoms with E-state index >= 15 is 0 Å². The Morgan fingerprint density at radius 3 is 2.44 bits per heavy atom. The van der Waals surface area contributed by atoms with Crippen LogP contribution in [0.2, 0.25) is 0 Å². The van der Waals surface area contributed by atoms with Crippen LogP contribution in [0.5, 0.6) is 0 Å². The van der Waals surface area contributed by atoms with Crippen LogP contribution in [0.25, 0.3) is 0 Å². The van der Waals surface area contributed by atoms with E-state index in [1.165, 1.54) is 5.56 Å². The van der Waals surface area contributed by atoms with Gasteiger partial charge >= 0.3 is 6.03 Å². The summed E-state index contributed by atoms with van der Waals surface area (Å²) in [5, 5.41) is 2.94. The fraction of sp³-hybridized carbons (Fsp3) is 0.500. The predicted octanol–water partition coefficient (Wildman–Crippen LogP) is 2.33. The molecule has 0 radical (unpaired) electrons. The smallest absolute Gasteiger partial charge is 0.321 e. The minimum absolute atomic E-state index is 0.0643. The summed E-state index contributed by atoms with van der Waals surface area (Å²) in [4.78, 5) is 15.7. The van der Waals surface area contributed by atoms with Crippen LogP contribution < -0.4 is 5.32 Å². The molecule has 0 aromatic heterocycles. The molecule has 0 aliphatic heterocycles. The summed E-state index contributed by atoms with van der Waals surface area (Å²) in [6.45, 7) is 5.63. The largest absolute Gasteiger partial charge is 0.326 e. The molecule has 2 amide bonds. The third kappa shape index (κ3) is 4.04. The van der Waals surface area contributed by atoms with Crippen molar-refractivity contribution in [3.05, 3.63) is 29.3 Å². The summed E-state index contributed by atoms with van der Waals surface area (Å²) in [5.41, 5.74) is 3.19. The van der Waals surface area contributed by atoms with Crippen molar-refractivity contribution in [2.24, 2.45) is 0 Å². The first-order valence-electron chi connectivity index (χ1n) is 6.15. The van der Waals surface area contributed by atoms with E-state index in [0.717, 1.165) is 17.8 Å². The lowest BCUT2D eigenvalue weighted by Gasteiger charge is -2.21. The predicted molar refractivity (Wildman–Crippen MR) is 76.1 cm³/mol. The van der Waals surface area contributed by atoms with Crippen molar-refractivity contribution in [2.45, 2.75) is 13.8 Å². The van der Waals surface area contributed by atoms with E-state index in [-0.39, 0.29) is 6.03 Å². The van der Waals surface area contributed by atoms with Crippen molar-refractivity contribution in [1.29, 1.82) is 0 Å². The lowest BCUT2D eigenvalue weighted by atomic mass is 10.1. The quantitative estimate of drug-likeness (QED) is 0.889. The topological polar surface area (TPSA) is 35.6 Å². The number of nitrogens with one attached hydrogen (secondary N) is 1. The van der Waals surface area contributed by atoms with Crippen molar-refractivity contribution in [3.63, 3.8) is 0 Å². The fourth-order valence-electron chi connectivity index (χ4n) is 1.55. The second-order valence-electron chi connectivity index (χ2n) is 4.90. The average molecular weight is 249 g/mol. The van der Waals surface area contributed by atoms with Crippen molar-refractivity contribution in [2.75, 3.05) is 39.5 Å². The standard InChI is InChI=1S/C14H23N3O/c1-11-7-6-8-13(12(11)2)15-14(18)17(5)10-9-16(3)4/h6-8H,9-10H2,1-5H3,(H,15,18). The molecule has 100 valence electrons. The van der Waals surface area contributed by atoms with Gasteiger partial charge in [0.25, 0.3) is 0 Å². The number of hydrogen-bond acceptors (Lipinski definition) is 2. The maximum absolute atomic E-state index is 12.0. The zero-order valence-corrected chi connectivity index (χ0v) is 11.9. The normalized spacial score (nSPS) is 10.6. The van der Waals surface area contributed by atoms with Gasteiger partial charge in [0.1, 0.15) is 0 Å². The van der Waals surface area contributed by atoms with Gasteiger partial charge in [-0.15, -0.1) is 0 Å². The van der Waals surface area contributed by atoms with E-state index < -0.39 is 0 Å². The van der Waals surface area contributed by atoms with E-state index in [2.05, 4.69) is 10.2 Å². The number of urea groups is 1. The zero-order chi connectivity index (χ0) is 13.7. The molecule has 0 heterocycles. The van der Waals surface area contributed by atoms with Crippen LogP contribution in [0.3, 0.4) is 0 Å². The summed E-state index contributed by atoms with van der Waals surface area (Å²) in [7, 11) is 5.80. The molecule has 0 saturated heterocycles. The summed E-state index contributed by atoms with van der Waals surface area (Å²) >= 11 is 0. The van der Waals surface area contributed by atoms with Crippen molar-refractivity contribution < 1.29 is 4.79 Å². The average Bonchev–Trinajstić information content (AvgIpc) is 2.31. The van der Waals surface area contributed by atoms with Crippen LogP contribution in [0, 0.1) is 13.8 Å². The van der Waals surface area contributed by atoms with Gasteiger partial charge in [0.05, 0.1) is 0 Å². The van der Waals surface area contributed by atoms with Gasteiger partial charge in [0.15, 0.2) is 0 Å². The van der Waals surface area contributed by atoms with E-state index in [1.807, 2.05) is 53.2 Å². The van der Waals surface area contributed by atoms with E-state index in [1.54, 1.807) is 4.90 Å². The number of nitrogens with zero attached hydrogens (tertiary/aromatic N) is 2. The third-order valence-corrected chi connectivity index (χ3v) is 3.08. The van der Waals surface area contributed by atoms with Crippen LogP contribution in [0.15, 0.2) is 18.2 Å². The van der Waals surface area contributed by atoms with Gasteiger partial charge in [-0.2, -0.15) is 0 Å².